The summed E-state index contributed by atoms with van der Waals surface area (Å²) >= 11 is 0. The molecule has 1 aromatic carbocycles. The number of carbonyl (C=O) groups excluding carboxylic acids is 2. The summed E-state index contributed by atoms with van der Waals surface area (Å²) in [6.07, 6.45) is 2.97. The van der Waals surface area contributed by atoms with E-state index in [1.165, 1.54) is 4.90 Å². The van der Waals surface area contributed by atoms with Gasteiger partial charge >= 0.3 is 6.09 Å². The van der Waals surface area contributed by atoms with E-state index in [4.69, 9.17) is 0 Å². The Morgan fingerprint density at radius 1 is 1.28 bits per heavy atom. The molecule has 0 aromatic heterocycles. The van der Waals surface area contributed by atoms with Crippen LogP contribution in [0.15, 0.2) is 18.2 Å². The molecule has 3 amide bonds. The van der Waals surface area contributed by atoms with Crippen molar-refractivity contribution in [2.45, 2.75) is 44.2 Å². The molecule has 1 atom stereocenters. The fraction of sp³-hybridized carbons (Fsp3) is 0.500. The van der Waals surface area contributed by atoms with Crippen LogP contribution in [0.4, 0.5) is 10.5 Å². The predicted molar refractivity (Wildman–Crippen MR) is 90.6 cm³/mol. The van der Waals surface area contributed by atoms with Crippen LogP contribution in [0.1, 0.15) is 41.6 Å². The molecular weight excluding hydrogens is 322 g/mol. The number of carbonyl (C=O) groups is 3. The van der Waals surface area contributed by atoms with Crippen LogP contribution >= 0.6 is 0 Å². The Morgan fingerprint density at radius 3 is 2.80 bits per heavy atom. The minimum atomic E-state index is -0.909. The average Bonchev–Trinajstić information content (AvgIpc) is 3.18. The molecule has 7 nitrogen and oxygen atoms in total. The van der Waals surface area contributed by atoms with Crippen LogP contribution in [0.5, 0.6) is 0 Å². The average molecular weight is 343 g/mol. The Bertz CT molecular complexity index is 744. The lowest BCUT2D eigenvalue weighted by Crippen LogP contribution is -2.45. The molecule has 132 valence electrons. The maximum Gasteiger partial charge on any atom is 0.407 e. The van der Waals surface area contributed by atoms with Crippen molar-refractivity contribution >= 4 is 23.6 Å². The number of amides is 3. The number of fused-ring (bicyclic) bond motifs is 1. The first-order chi connectivity index (χ1) is 12.0. The molecule has 2 heterocycles. The molecule has 1 aliphatic carbocycles. The third-order valence-corrected chi connectivity index (χ3v) is 5.26. The first kappa shape index (κ1) is 15.9. The van der Waals surface area contributed by atoms with E-state index in [-0.39, 0.29) is 23.9 Å². The monoisotopic (exact) mass is 343 g/mol. The standard InChI is InChI=1S/C18H21N3O4/c22-16-9-12-8-11(3-6-15(12)19-16)17(23)21(13-4-5-13)10-14-2-1-7-20(14)18(24)25/h3,6,8,13-14H,1-2,4-5,7,9-10H2,(H,19,22)(H,24,25)/t14-/m0/s1. The van der Waals surface area contributed by atoms with Crippen LogP contribution in [0.3, 0.4) is 0 Å². The maximum atomic E-state index is 13.0. The van der Waals surface area contributed by atoms with Gasteiger partial charge in [-0.3, -0.25) is 9.59 Å². The van der Waals surface area contributed by atoms with E-state index in [2.05, 4.69) is 5.32 Å². The molecule has 4 rings (SSSR count). The second-order valence-corrected chi connectivity index (χ2v) is 7.06. The van der Waals surface area contributed by atoms with Crippen molar-refractivity contribution in [2.24, 2.45) is 0 Å². The lowest BCUT2D eigenvalue weighted by atomic mass is 10.1. The lowest BCUT2D eigenvalue weighted by molar-refractivity contribution is -0.115. The minimum absolute atomic E-state index is 0.0540. The number of benzene rings is 1. The fourth-order valence-electron chi connectivity index (χ4n) is 3.82. The summed E-state index contributed by atoms with van der Waals surface area (Å²) in [5, 5.41) is 12.1. The number of hydrogen-bond donors (Lipinski definition) is 2. The zero-order chi connectivity index (χ0) is 17.6. The smallest absolute Gasteiger partial charge is 0.407 e. The molecule has 2 N–H and O–H groups in total. The van der Waals surface area contributed by atoms with E-state index < -0.39 is 6.09 Å². The van der Waals surface area contributed by atoms with Crippen molar-refractivity contribution in [1.82, 2.24) is 9.80 Å². The van der Waals surface area contributed by atoms with Crippen molar-refractivity contribution in [3.63, 3.8) is 0 Å². The van der Waals surface area contributed by atoms with Crippen molar-refractivity contribution in [2.75, 3.05) is 18.4 Å². The van der Waals surface area contributed by atoms with Crippen LogP contribution in [0, 0.1) is 0 Å². The molecule has 1 saturated heterocycles. The Morgan fingerprint density at radius 2 is 2.08 bits per heavy atom. The molecule has 2 fully saturated rings. The summed E-state index contributed by atoms with van der Waals surface area (Å²) in [6, 6.07) is 5.38. The molecule has 2 aliphatic heterocycles. The van der Waals surface area contributed by atoms with Crippen molar-refractivity contribution in [3.8, 4) is 0 Å². The van der Waals surface area contributed by atoms with Crippen LogP contribution in [0.2, 0.25) is 0 Å². The Balaban J connectivity index is 1.53. The molecule has 25 heavy (non-hydrogen) atoms. The molecule has 0 unspecified atom stereocenters. The highest BCUT2D eigenvalue weighted by atomic mass is 16.4. The summed E-state index contributed by atoms with van der Waals surface area (Å²) in [5.41, 5.74) is 2.19. The van der Waals surface area contributed by atoms with Gasteiger partial charge in [0.25, 0.3) is 5.91 Å². The van der Waals surface area contributed by atoms with E-state index in [1.54, 1.807) is 18.2 Å². The maximum absolute atomic E-state index is 13.0. The third-order valence-electron chi connectivity index (χ3n) is 5.26. The fourth-order valence-corrected chi connectivity index (χ4v) is 3.82. The summed E-state index contributed by atoms with van der Waals surface area (Å²) in [5.74, 6) is -0.122. The van der Waals surface area contributed by atoms with Gasteiger partial charge in [-0.1, -0.05) is 0 Å². The molecular formula is C18H21N3O4. The van der Waals surface area contributed by atoms with E-state index in [1.807, 2.05) is 4.90 Å². The number of rotatable bonds is 4. The molecule has 1 saturated carbocycles. The van der Waals surface area contributed by atoms with Crippen molar-refractivity contribution < 1.29 is 19.5 Å². The van der Waals surface area contributed by atoms with E-state index in [0.717, 1.165) is 36.9 Å². The highest BCUT2D eigenvalue weighted by Crippen LogP contribution is 2.32. The summed E-state index contributed by atoms with van der Waals surface area (Å²) in [4.78, 5) is 39.2. The molecule has 1 aromatic rings. The third kappa shape index (κ3) is 3.06. The number of nitrogens with zero attached hydrogens (tertiary/aromatic N) is 2. The van der Waals surface area contributed by atoms with Crippen molar-refractivity contribution in [3.05, 3.63) is 29.3 Å². The lowest BCUT2D eigenvalue weighted by Gasteiger charge is -2.30. The Kier molecular flexibility index (Phi) is 3.86. The number of likely N-dealkylation sites (tertiary alicyclic amines) is 1. The first-order valence-corrected chi connectivity index (χ1v) is 8.76. The molecule has 3 aliphatic rings. The summed E-state index contributed by atoms with van der Waals surface area (Å²) in [6.45, 7) is 0.989. The van der Waals surface area contributed by atoms with Gasteiger partial charge in [-0.25, -0.2) is 4.79 Å². The number of hydrogen-bond acceptors (Lipinski definition) is 3. The number of nitrogens with one attached hydrogen (secondary N) is 1. The van der Waals surface area contributed by atoms with Crippen LogP contribution < -0.4 is 5.32 Å². The van der Waals surface area contributed by atoms with Gasteiger partial charge in [0, 0.05) is 30.4 Å². The van der Waals surface area contributed by atoms with Gasteiger partial charge in [0.1, 0.15) is 0 Å². The largest absolute Gasteiger partial charge is 0.465 e. The predicted octanol–water partition coefficient (Wildman–Crippen LogP) is 1.93. The molecule has 7 heteroatoms. The van der Waals surface area contributed by atoms with Gasteiger partial charge in [-0.15, -0.1) is 0 Å². The Hall–Kier alpha value is -2.57. The normalized spacial score (nSPS) is 21.8. The quantitative estimate of drug-likeness (QED) is 0.874. The second kappa shape index (κ2) is 6.06. The van der Waals surface area contributed by atoms with Crippen molar-refractivity contribution in [1.29, 1.82) is 0 Å². The number of anilines is 1. The van der Waals surface area contributed by atoms with Gasteiger partial charge in [-0.05, 0) is 49.4 Å². The van der Waals surface area contributed by atoms with E-state index in [9.17, 15) is 19.5 Å². The van der Waals surface area contributed by atoms with Crippen LogP contribution in [-0.2, 0) is 11.2 Å². The van der Waals surface area contributed by atoms with Gasteiger partial charge in [0.2, 0.25) is 5.91 Å². The minimum Gasteiger partial charge on any atom is -0.465 e. The summed E-state index contributed by atoms with van der Waals surface area (Å²) in [7, 11) is 0. The molecule has 0 radical (unpaired) electrons. The molecule has 0 spiro atoms. The Labute approximate surface area is 145 Å². The van der Waals surface area contributed by atoms with Crippen LogP contribution in [0.25, 0.3) is 0 Å². The zero-order valence-electron chi connectivity index (χ0n) is 13.9. The highest BCUT2D eigenvalue weighted by molar-refractivity contribution is 6.01. The van der Waals surface area contributed by atoms with E-state index >= 15 is 0 Å². The van der Waals surface area contributed by atoms with Gasteiger partial charge in [0.05, 0.1) is 12.5 Å². The number of carboxylic acid groups (broad SMARTS) is 1. The van der Waals surface area contributed by atoms with Crippen LogP contribution in [-0.4, -0.2) is 58.0 Å². The summed E-state index contributed by atoms with van der Waals surface area (Å²) < 4.78 is 0. The van der Waals surface area contributed by atoms with Gasteiger partial charge < -0.3 is 20.2 Å². The SMILES string of the molecule is O=C1Cc2cc(C(=O)N(C[C@@H]3CCCN3C(=O)O)C3CC3)ccc2N1. The zero-order valence-corrected chi connectivity index (χ0v) is 13.9. The highest BCUT2D eigenvalue weighted by Gasteiger charge is 2.38. The second-order valence-electron chi connectivity index (χ2n) is 7.06. The first-order valence-electron chi connectivity index (χ1n) is 8.76. The van der Waals surface area contributed by atoms with Gasteiger partial charge in [-0.2, -0.15) is 0 Å². The van der Waals surface area contributed by atoms with E-state index in [0.29, 0.717) is 25.1 Å². The topological polar surface area (TPSA) is 90.0 Å². The van der Waals surface area contributed by atoms with Gasteiger partial charge in [0.15, 0.2) is 0 Å². The molecule has 0 bridgehead atoms.